The number of ether oxygens (including phenoxy) is 2. The molecule has 3 aromatic heterocycles. The van der Waals surface area contributed by atoms with Gasteiger partial charge in [-0.1, -0.05) is 15.6 Å². The van der Waals surface area contributed by atoms with Gasteiger partial charge in [-0.3, -0.25) is 24.0 Å². The monoisotopic (exact) mass is 773 g/mol. The highest BCUT2D eigenvalue weighted by atomic mass is 32.2. The molecule has 4 heterocycles. The maximum Gasteiger partial charge on any atom is 0.573 e. The van der Waals surface area contributed by atoms with E-state index in [1.165, 1.54) is 36.4 Å². The van der Waals surface area contributed by atoms with E-state index in [9.17, 15) is 31.6 Å². The molecular weight excluding hydrogens is 735 g/mol. The summed E-state index contributed by atoms with van der Waals surface area (Å²) in [6.45, 7) is 0.805. The molecule has 1 amide bonds. The van der Waals surface area contributed by atoms with Crippen molar-refractivity contribution in [2.45, 2.75) is 48.1 Å². The smallest absolute Gasteiger partial charge is 0.457 e. The van der Waals surface area contributed by atoms with Crippen LogP contribution in [0, 0.1) is 5.41 Å². The average molecular weight is 774 g/mol. The summed E-state index contributed by atoms with van der Waals surface area (Å²) in [7, 11) is 0.940. The lowest BCUT2D eigenvalue weighted by atomic mass is 9.74. The number of hydrogen-bond acceptors (Lipinski definition) is 13. The third-order valence-corrected chi connectivity index (χ3v) is 11.8. The van der Waals surface area contributed by atoms with Crippen molar-refractivity contribution in [1.29, 1.82) is 0 Å². The van der Waals surface area contributed by atoms with Crippen LogP contribution in [-0.2, 0) is 55.0 Å². The van der Waals surface area contributed by atoms with Crippen molar-refractivity contribution in [3.8, 4) is 17.2 Å². The summed E-state index contributed by atoms with van der Waals surface area (Å²) in [6, 6.07) is 9.98. The van der Waals surface area contributed by atoms with Crippen LogP contribution in [0.4, 0.5) is 13.2 Å². The molecule has 0 atom stereocenters. The normalized spacial score (nSPS) is 15.2. The second kappa shape index (κ2) is 15.1. The minimum absolute atomic E-state index is 0.135. The average Bonchev–Trinajstić information content (AvgIpc) is 3.85. The number of nitrogens with zero attached hydrogens (tertiary/aromatic N) is 10. The van der Waals surface area contributed by atoms with Crippen LogP contribution < -0.4 is 15.0 Å². The van der Waals surface area contributed by atoms with Crippen LogP contribution in [-0.4, -0.2) is 100 Å². The fourth-order valence-electron chi connectivity index (χ4n) is 6.96. The number of amides is 1. The Kier molecular flexibility index (Phi) is 10.7. The third-order valence-electron chi connectivity index (χ3n) is 9.30. The van der Waals surface area contributed by atoms with Crippen LogP contribution in [0.2, 0.25) is 0 Å². The summed E-state index contributed by atoms with van der Waals surface area (Å²) < 4.78 is 78.4. The first kappa shape index (κ1) is 38.3. The predicted molar refractivity (Wildman–Crippen MR) is 182 cm³/mol. The quantitative estimate of drug-likeness (QED) is 0.124. The van der Waals surface area contributed by atoms with Crippen molar-refractivity contribution in [2.75, 3.05) is 19.6 Å². The number of hydroxylamine groups is 1. The third kappa shape index (κ3) is 8.69. The van der Waals surface area contributed by atoms with E-state index >= 15 is 0 Å². The number of piperidine rings is 1. The van der Waals surface area contributed by atoms with Gasteiger partial charge in [-0.2, -0.15) is 0 Å². The maximum absolute atomic E-state index is 14.3. The molecule has 0 bridgehead atoms. The van der Waals surface area contributed by atoms with E-state index < -0.39 is 38.0 Å². The van der Waals surface area contributed by atoms with Crippen LogP contribution in [0.5, 0.6) is 17.2 Å². The Balaban J connectivity index is 1.22. The standard InChI is InChI=1S/C33H38F3N11O6S/c1-44-19-23(37-41-44)16-31(17-24-20-45(2)42-38-24,18-25-21-46(3)43-39-25)22-47-14-12-32(13-15-47,30(48)40-49)54(50,51)29-10-8-27(9-11-29)52-26-4-6-28(7-5-26)53-33(34,35)36/h4-11,19-21,49H,12-18,22H2,1-3H3,(H,40,48). The number of aromatic nitrogens is 9. The molecule has 0 unspecified atom stereocenters. The number of halogens is 3. The van der Waals surface area contributed by atoms with E-state index in [1.54, 1.807) is 40.7 Å². The lowest BCUT2D eigenvalue weighted by Crippen LogP contribution is -2.59. The second-order valence-corrected chi connectivity index (χ2v) is 15.7. The first-order valence-electron chi connectivity index (χ1n) is 16.7. The highest BCUT2D eigenvalue weighted by Crippen LogP contribution is 2.39. The molecule has 0 aliphatic carbocycles. The molecule has 6 rings (SSSR count). The minimum Gasteiger partial charge on any atom is -0.457 e. The van der Waals surface area contributed by atoms with Crippen molar-refractivity contribution in [3.05, 3.63) is 84.2 Å². The van der Waals surface area contributed by atoms with Gasteiger partial charge in [-0.25, -0.2) is 13.9 Å². The minimum atomic E-state index is -4.84. The lowest BCUT2D eigenvalue weighted by Gasteiger charge is -2.43. The first-order valence-corrected chi connectivity index (χ1v) is 18.2. The van der Waals surface area contributed by atoms with Crippen molar-refractivity contribution in [1.82, 2.24) is 55.4 Å². The van der Waals surface area contributed by atoms with Gasteiger partial charge in [0, 0.05) is 84.0 Å². The number of alkyl halides is 3. The van der Waals surface area contributed by atoms with Gasteiger partial charge in [-0.05, 0) is 61.4 Å². The zero-order valence-electron chi connectivity index (χ0n) is 29.5. The Hall–Kier alpha value is -5.41. The summed E-state index contributed by atoms with van der Waals surface area (Å²) in [4.78, 5) is 15.2. The van der Waals surface area contributed by atoms with E-state index in [0.29, 0.717) is 25.8 Å². The van der Waals surface area contributed by atoms with E-state index in [2.05, 4.69) is 40.6 Å². The Labute approximate surface area is 307 Å². The first-order chi connectivity index (χ1) is 25.6. The lowest BCUT2D eigenvalue weighted by molar-refractivity contribution is -0.274. The largest absolute Gasteiger partial charge is 0.573 e. The molecule has 54 heavy (non-hydrogen) atoms. The van der Waals surface area contributed by atoms with Gasteiger partial charge < -0.3 is 14.4 Å². The fraction of sp³-hybridized carbons (Fsp3) is 0.424. The fourth-order valence-corrected chi connectivity index (χ4v) is 8.92. The number of hydrogen-bond donors (Lipinski definition) is 2. The number of benzene rings is 2. The predicted octanol–water partition coefficient (Wildman–Crippen LogP) is 2.59. The number of likely N-dealkylation sites (tertiary alicyclic amines) is 1. The highest BCUT2D eigenvalue weighted by Gasteiger charge is 2.53. The summed E-state index contributed by atoms with van der Waals surface area (Å²) in [5.74, 6) is -1.10. The number of aryl methyl sites for hydroxylation is 3. The summed E-state index contributed by atoms with van der Waals surface area (Å²) in [5, 5.41) is 35.2. The van der Waals surface area contributed by atoms with Crippen molar-refractivity contribution >= 4 is 15.7 Å². The Morgan fingerprint density at radius 2 is 1.20 bits per heavy atom. The van der Waals surface area contributed by atoms with Crippen LogP contribution >= 0.6 is 0 Å². The van der Waals surface area contributed by atoms with E-state index in [-0.39, 0.29) is 42.3 Å². The van der Waals surface area contributed by atoms with Gasteiger partial charge in [0.05, 0.1) is 22.0 Å². The summed E-state index contributed by atoms with van der Waals surface area (Å²) in [5.41, 5.74) is 3.20. The van der Waals surface area contributed by atoms with Crippen molar-refractivity contribution < 1.29 is 41.1 Å². The number of carbonyl (C=O) groups excluding carboxylic acids is 1. The van der Waals surface area contributed by atoms with Crippen molar-refractivity contribution in [3.63, 3.8) is 0 Å². The zero-order valence-corrected chi connectivity index (χ0v) is 30.3. The molecule has 0 spiro atoms. The number of carbonyl (C=O) groups is 1. The molecule has 0 saturated carbocycles. The topological polar surface area (TPSA) is 197 Å². The second-order valence-electron chi connectivity index (χ2n) is 13.5. The molecule has 1 fully saturated rings. The van der Waals surface area contributed by atoms with Gasteiger partial charge in [0.2, 0.25) is 0 Å². The Morgan fingerprint density at radius 3 is 1.59 bits per heavy atom. The summed E-state index contributed by atoms with van der Waals surface area (Å²) >= 11 is 0. The number of rotatable bonds is 14. The van der Waals surface area contributed by atoms with Gasteiger partial charge in [0.1, 0.15) is 17.2 Å². The Bertz CT molecular complexity index is 2060. The molecule has 21 heteroatoms. The molecule has 17 nitrogen and oxygen atoms in total. The molecule has 288 valence electrons. The van der Waals surface area contributed by atoms with Gasteiger partial charge in [-0.15, -0.1) is 28.5 Å². The molecule has 1 saturated heterocycles. The van der Waals surface area contributed by atoms with Gasteiger partial charge >= 0.3 is 6.36 Å². The maximum atomic E-state index is 14.3. The zero-order chi connectivity index (χ0) is 38.7. The number of sulfone groups is 1. The molecule has 1 aliphatic heterocycles. The Morgan fingerprint density at radius 1 is 0.778 bits per heavy atom. The van der Waals surface area contributed by atoms with Gasteiger partial charge in [0.15, 0.2) is 14.6 Å². The highest BCUT2D eigenvalue weighted by molar-refractivity contribution is 7.93. The SMILES string of the molecule is Cn1cc(CC(Cc2cn(C)nn2)(Cc2cn(C)nn2)CN2CCC(C(=O)NO)(S(=O)(=O)c3ccc(Oc4ccc(OC(F)(F)F)cc4)cc3)CC2)nn1. The number of nitrogens with one attached hydrogen (secondary N) is 1. The van der Waals surface area contributed by atoms with E-state index in [4.69, 9.17) is 4.74 Å². The molecule has 0 radical (unpaired) electrons. The van der Waals surface area contributed by atoms with Crippen LogP contribution in [0.25, 0.3) is 0 Å². The molecule has 1 aliphatic rings. The molecular formula is C33H38F3N11O6S. The van der Waals surface area contributed by atoms with Crippen LogP contribution in [0.15, 0.2) is 72.0 Å². The molecule has 5 aromatic rings. The van der Waals surface area contributed by atoms with Crippen LogP contribution in [0.3, 0.4) is 0 Å². The van der Waals surface area contributed by atoms with E-state index in [0.717, 1.165) is 29.2 Å². The van der Waals surface area contributed by atoms with Gasteiger partial charge in [0.25, 0.3) is 5.91 Å². The van der Waals surface area contributed by atoms with Crippen molar-refractivity contribution in [2.24, 2.45) is 26.6 Å². The van der Waals surface area contributed by atoms with E-state index in [1.807, 2.05) is 18.6 Å². The summed E-state index contributed by atoms with van der Waals surface area (Å²) in [6.07, 6.45) is 1.78. The molecule has 2 N–H and O–H groups in total. The van der Waals surface area contributed by atoms with Crippen LogP contribution in [0.1, 0.15) is 29.9 Å². The molecule has 2 aromatic carbocycles.